The molecule has 1 aliphatic heterocycles. The highest BCUT2D eigenvalue weighted by atomic mass is 32.1. The summed E-state index contributed by atoms with van der Waals surface area (Å²) in [5.74, 6) is -0.506. The van der Waals surface area contributed by atoms with Gasteiger partial charge in [-0.1, -0.05) is 19.8 Å². The van der Waals surface area contributed by atoms with Crippen molar-refractivity contribution in [3.63, 3.8) is 0 Å². The molecule has 31 heavy (non-hydrogen) atoms. The summed E-state index contributed by atoms with van der Waals surface area (Å²) in [6.07, 6.45) is 2.70. The van der Waals surface area contributed by atoms with Gasteiger partial charge < -0.3 is 19.7 Å². The first-order valence-corrected chi connectivity index (χ1v) is 11.0. The van der Waals surface area contributed by atoms with Gasteiger partial charge in [-0.25, -0.2) is 0 Å². The molecule has 9 heteroatoms. The first-order chi connectivity index (χ1) is 14.8. The minimum absolute atomic E-state index is 0.0350. The quantitative estimate of drug-likeness (QED) is 0.339. The van der Waals surface area contributed by atoms with Gasteiger partial charge in [-0.15, -0.1) is 0 Å². The highest BCUT2D eigenvalue weighted by Crippen LogP contribution is 2.15. The third-order valence-corrected chi connectivity index (χ3v) is 5.01. The molecule has 0 aromatic heterocycles. The lowest BCUT2D eigenvalue weighted by Gasteiger charge is -2.36. The van der Waals surface area contributed by atoms with Gasteiger partial charge in [0.15, 0.2) is 5.11 Å². The van der Waals surface area contributed by atoms with E-state index in [0.29, 0.717) is 31.0 Å². The SMILES string of the molecule is CCCCCOC(=O)CC1C(=O)NCCN1C(=S)NC(=O)c1ccc(OC(C)C)cc1. The zero-order chi connectivity index (χ0) is 22.8. The standard InChI is InChI=1S/C22H31N3O5S/c1-4-5-6-13-29-19(26)14-18-21(28)23-11-12-25(18)22(31)24-20(27)16-7-9-17(10-8-16)30-15(2)3/h7-10,15,18H,4-6,11-14H2,1-3H3,(H,23,28)(H,24,27,31). The number of ether oxygens (including phenoxy) is 2. The molecular weight excluding hydrogens is 418 g/mol. The summed E-state index contributed by atoms with van der Waals surface area (Å²) in [6, 6.07) is 5.89. The Kier molecular flexibility index (Phi) is 9.71. The fourth-order valence-electron chi connectivity index (χ4n) is 3.11. The van der Waals surface area contributed by atoms with E-state index in [9.17, 15) is 14.4 Å². The van der Waals surface area contributed by atoms with Crippen molar-refractivity contribution < 1.29 is 23.9 Å². The number of esters is 1. The number of unbranched alkanes of at least 4 members (excludes halogenated alkanes) is 2. The summed E-state index contributed by atoms with van der Waals surface area (Å²) in [4.78, 5) is 38.7. The number of piperazine rings is 1. The average Bonchev–Trinajstić information content (AvgIpc) is 2.72. The molecule has 0 saturated carbocycles. The molecule has 1 atom stereocenters. The Morgan fingerprint density at radius 1 is 1.26 bits per heavy atom. The molecule has 1 aliphatic rings. The Balaban J connectivity index is 1.96. The van der Waals surface area contributed by atoms with E-state index in [0.717, 1.165) is 19.3 Å². The first kappa shape index (κ1) is 24.6. The summed E-state index contributed by atoms with van der Waals surface area (Å²) in [5.41, 5.74) is 0.409. The lowest BCUT2D eigenvalue weighted by Crippen LogP contribution is -2.60. The van der Waals surface area contributed by atoms with Gasteiger partial charge in [0.25, 0.3) is 5.91 Å². The number of hydrogen-bond acceptors (Lipinski definition) is 6. The van der Waals surface area contributed by atoms with Crippen molar-refractivity contribution in [2.75, 3.05) is 19.7 Å². The second kappa shape index (κ2) is 12.2. The number of rotatable bonds is 9. The third kappa shape index (κ3) is 7.82. The maximum Gasteiger partial charge on any atom is 0.308 e. The molecule has 0 aliphatic carbocycles. The molecule has 1 unspecified atom stereocenters. The van der Waals surface area contributed by atoms with Gasteiger partial charge in [-0.2, -0.15) is 0 Å². The van der Waals surface area contributed by atoms with Gasteiger partial charge in [-0.3, -0.25) is 19.7 Å². The van der Waals surface area contributed by atoms with Crippen molar-refractivity contribution in [1.82, 2.24) is 15.5 Å². The second-order valence-corrected chi connectivity index (χ2v) is 7.97. The van der Waals surface area contributed by atoms with Gasteiger partial charge in [0.1, 0.15) is 11.8 Å². The topological polar surface area (TPSA) is 97.0 Å². The van der Waals surface area contributed by atoms with E-state index in [1.165, 1.54) is 0 Å². The van der Waals surface area contributed by atoms with Crippen LogP contribution in [0.5, 0.6) is 5.75 Å². The van der Waals surface area contributed by atoms with Crippen LogP contribution in [-0.2, 0) is 14.3 Å². The Labute approximate surface area is 188 Å². The van der Waals surface area contributed by atoms with Crippen LogP contribution >= 0.6 is 12.2 Å². The molecule has 0 spiro atoms. The number of amides is 2. The molecule has 2 rings (SSSR count). The van der Waals surface area contributed by atoms with Crippen molar-refractivity contribution in [2.45, 2.75) is 58.6 Å². The molecular formula is C22H31N3O5S. The molecule has 170 valence electrons. The van der Waals surface area contributed by atoms with Crippen molar-refractivity contribution in [3.8, 4) is 5.75 Å². The van der Waals surface area contributed by atoms with Crippen LogP contribution in [-0.4, -0.2) is 59.6 Å². The van der Waals surface area contributed by atoms with E-state index in [1.807, 2.05) is 13.8 Å². The van der Waals surface area contributed by atoms with Crippen LogP contribution in [0.1, 0.15) is 56.8 Å². The molecule has 2 amide bonds. The van der Waals surface area contributed by atoms with Gasteiger partial charge in [-0.05, 0) is 56.8 Å². The van der Waals surface area contributed by atoms with Gasteiger partial charge in [0, 0.05) is 18.7 Å². The Bertz CT molecular complexity index is 782. The largest absolute Gasteiger partial charge is 0.491 e. The van der Waals surface area contributed by atoms with Crippen LogP contribution in [0.3, 0.4) is 0 Å². The third-order valence-electron chi connectivity index (χ3n) is 4.67. The van der Waals surface area contributed by atoms with E-state index >= 15 is 0 Å². The normalized spacial score (nSPS) is 15.9. The van der Waals surface area contributed by atoms with Crippen molar-refractivity contribution >= 4 is 35.1 Å². The van der Waals surface area contributed by atoms with E-state index < -0.39 is 17.9 Å². The van der Waals surface area contributed by atoms with Crippen LogP contribution in [0.2, 0.25) is 0 Å². The molecule has 1 aromatic carbocycles. The molecule has 2 N–H and O–H groups in total. The molecule has 0 radical (unpaired) electrons. The van der Waals surface area contributed by atoms with Crippen molar-refractivity contribution in [3.05, 3.63) is 29.8 Å². The molecule has 1 fully saturated rings. The zero-order valence-electron chi connectivity index (χ0n) is 18.3. The minimum Gasteiger partial charge on any atom is -0.491 e. The van der Waals surface area contributed by atoms with E-state index in [4.69, 9.17) is 21.7 Å². The fourth-order valence-corrected chi connectivity index (χ4v) is 3.42. The number of benzene rings is 1. The minimum atomic E-state index is -0.818. The summed E-state index contributed by atoms with van der Waals surface area (Å²) >= 11 is 5.38. The smallest absolute Gasteiger partial charge is 0.308 e. The van der Waals surface area contributed by atoms with Crippen LogP contribution < -0.4 is 15.4 Å². The average molecular weight is 450 g/mol. The number of carbonyl (C=O) groups excluding carboxylic acids is 3. The maximum absolute atomic E-state index is 12.6. The number of nitrogens with one attached hydrogen (secondary N) is 2. The maximum atomic E-state index is 12.6. The highest BCUT2D eigenvalue weighted by molar-refractivity contribution is 7.80. The number of nitrogens with zero attached hydrogens (tertiary/aromatic N) is 1. The zero-order valence-corrected chi connectivity index (χ0v) is 19.1. The lowest BCUT2D eigenvalue weighted by atomic mass is 10.1. The summed E-state index contributed by atoms with van der Waals surface area (Å²) < 4.78 is 10.8. The number of carbonyl (C=O) groups is 3. The Morgan fingerprint density at radius 2 is 1.97 bits per heavy atom. The van der Waals surface area contributed by atoms with Gasteiger partial charge in [0.05, 0.1) is 19.1 Å². The number of hydrogen-bond donors (Lipinski definition) is 2. The Morgan fingerprint density at radius 3 is 2.61 bits per heavy atom. The van der Waals surface area contributed by atoms with Crippen LogP contribution in [0.15, 0.2) is 24.3 Å². The second-order valence-electron chi connectivity index (χ2n) is 7.58. The predicted octanol–water partition coefficient (Wildman–Crippen LogP) is 2.41. The summed E-state index contributed by atoms with van der Waals surface area (Å²) in [5, 5.41) is 5.49. The molecule has 0 bridgehead atoms. The van der Waals surface area contributed by atoms with Gasteiger partial charge in [0.2, 0.25) is 5.91 Å². The number of thiocarbonyl (C=S) groups is 1. The van der Waals surface area contributed by atoms with Crippen LogP contribution in [0.25, 0.3) is 0 Å². The van der Waals surface area contributed by atoms with Crippen LogP contribution in [0.4, 0.5) is 0 Å². The van der Waals surface area contributed by atoms with Gasteiger partial charge >= 0.3 is 5.97 Å². The summed E-state index contributed by atoms with van der Waals surface area (Å²) in [6.45, 7) is 7.00. The van der Waals surface area contributed by atoms with Crippen LogP contribution in [0, 0.1) is 0 Å². The van der Waals surface area contributed by atoms with E-state index in [2.05, 4.69) is 17.6 Å². The molecule has 1 saturated heterocycles. The molecule has 1 aromatic rings. The monoisotopic (exact) mass is 449 g/mol. The molecule has 8 nitrogen and oxygen atoms in total. The lowest BCUT2D eigenvalue weighted by molar-refractivity contribution is -0.147. The predicted molar refractivity (Wildman–Crippen MR) is 121 cm³/mol. The summed E-state index contributed by atoms with van der Waals surface area (Å²) in [7, 11) is 0. The van der Waals surface area contributed by atoms with E-state index in [1.54, 1.807) is 29.2 Å². The van der Waals surface area contributed by atoms with Crippen molar-refractivity contribution in [2.24, 2.45) is 0 Å². The Hall–Kier alpha value is -2.68. The highest BCUT2D eigenvalue weighted by Gasteiger charge is 2.34. The molecule has 1 heterocycles. The van der Waals surface area contributed by atoms with Crippen molar-refractivity contribution in [1.29, 1.82) is 0 Å². The fraction of sp³-hybridized carbons (Fsp3) is 0.545. The first-order valence-electron chi connectivity index (χ1n) is 10.6. The van der Waals surface area contributed by atoms with E-state index in [-0.39, 0.29) is 23.5 Å².